The summed E-state index contributed by atoms with van der Waals surface area (Å²) in [6.07, 6.45) is 2.16. The molecule has 1 saturated carbocycles. The van der Waals surface area contributed by atoms with Crippen LogP contribution in [-0.4, -0.2) is 124 Å². The van der Waals surface area contributed by atoms with Gasteiger partial charge in [-0.15, -0.1) is 0 Å². The van der Waals surface area contributed by atoms with Gasteiger partial charge in [0, 0.05) is 44.9 Å². The lowest BCUT2D eigenvalue weighted by Gasteiger charge is -2.47. The second-order valence-corrected chi connectivity index (χ2v) is 16.9. The molecule has 3 heterocycles. The number of carbonyl (C=O) groups excluding carboxylic acids is 4. The number of allylic oxidation sites excluding steroid dienone is 3. The zero-order valence-corrected chi connectivity index (χ0v) is 34.1. The Hall–Kier alpha value is -2.52. The lowest BCUT2D eigenvalue weighted by Crippen LogP contribution is -2.64. The quantitative estimate of drug-likeness (QED) is 0.180. The summed E-state index contributed by atoms with van der Waals surface area (Å²) in [5.74, 6) is -7.77. The Morgan fingerprint density at radius 3 is 2.24 bits per heavy atom. The van der Waals surface area contributed by atoms with Crippen molar-refractivity contribution in [1.29, 1.82) is 0 Å². The highest BCUT2D eigenvalue weighted by Crippen LogP contribution is 2.39. The third-order valence-corrected chi connectivity index (χ3v) is 12.6. The van der Waals surface area contributed by atoms with E-state index in [0.29, 0.717) is 56.9 Å². The third kappa shape index (κ3) is 10.7. The molecule has 3 aliphatic heterocycles. The minimum absolute atomic E-state index is 0.0285. The van der Waals surface area contributed by atoms with Crippen molar-refractivity contribution < 1.29 is 58.6 Å². The van der Waals surface area contributed by atoms with E-state index in [0.717, 1.165) is 10.5 Å². The highest BCUT2D eigenvalue weighted by atomic mass is 16.7. The molecule has 14 atom stereocenters. The van der Waals surface area contributed by atoms with E-state index < -0.39 is 90.0 Å². The summed E-state index contributed by atoms with van der Waals surface area (Å²) in [4.78, 5) is 57.4. The molecule has 1 aliphatic carbocycles. The van der Waals surface area contributed by atoms with Gasteiger partial charge in [0.15, 0.2) is 0 Å². The van der Waals surface area contributed by atoms with Crippen LogP contribution >= 0.6 is 0 Å². The van der Waals surface area contributed by atoms with Crippen LogP contribution in [0.4, 0.5) is 0 Å². The fourth-order valence-corrected chi connectivity index (χ4v) is 9.16. The highest BCUT2D eigenvalue weighted by Gasteiger charge is 2.56. The van der Waals surface area contributed by atoms with E-state index in [4.69, 9.17) is 18.9 Å². The Labute approximate surface area is 326 Å². The van der Waals surface area contributed by atoms with Crippen LogP contribution in [0.2, 0.25) is 0 Å². The second-order valence-electron chi connectivity index (χ2n) is 16.9. The SMILES string of the molecule is CC[C@@H]1/C=C(\C)C[C@H](C)C[C@H](OC)[C@H]2O[C@@](O)(C(=O)C(=O)N3CCCC[C@H]3C(=O)O[C@H](/C(C)=C/[C@@H]3CC[C@@H](O)[C@H](O)C3)[C@H](C)[C@@H](O)CC1=O)[C@@H](C)C[C@@H]2OC. The van der Waals surface area contributed by atoms with E-state index in [-0.39, 0.29) is 43.4 Å². The van der Waals surface area contributed by atoms with Gasteiger partial charge in [-0.25, -0.2) is 4.79 Å². The number of aliphatic hydroxyl groups is 4. The maximum Gasteiger partial charge on any atom is 0.329 e. The predicted octanol–water partition coefficient (Wildman–Crippen LogP) is 3.82. The number of nitrogens with zero attached hydrogens (tertiary/aromatic N) is 1. The molecule has 2 saturated heterocycles. The first kappa shape index (κ1) is 45.2. The Balaban J connectivity index is 1.76. The number of methoxy groups -OCH3 is 2. The maximum atomic E-state index is 14.2. The summed E-state index contributed by atoms with van der Waals surface area (Å²) in [5, 5.41) is 44.0. The van der Waals surface area contributed by atoms with Crippen LogP contribution in [-0.2, 0) is 38.1 Å². The van der Waals surface area contributed by atoms with Gasteiger partial charge < -0.3 is 44.3 Å². The molecule has 0 aromatic carbocycles. The van der Waals surface area contributed by atoms with Crippen molar-refractivity contribution in [2.45, 2.75) is 167 Å². The number of ketones is 2. The van der Waals surface area contributed by atoms with Gasteiger partial charge in [-0.1, -0.05) is 45.4 Å². The van der Waals surface area contributed by atoms with Gasteiger partial charge in [0.2, 0.25) is 5.79 Å². The second kappa shape index (κ2) is 19.8. The van der Waals surface area contributed by atoms with E-state index in [2.05, 4.69) is 0 Å². The van der Waals surface area contributed by atoms with Gasteiger partial charge in [0.1, 0.15) is 24.0 Å². The summed E-state index contributed by atoms with van der Waals surface area (Å²) in [6, 6.07) is -1.15. The molecule has 2 bridgehead atoms. The zero-order valence-electron chi connectivity index (χ0n) is 34.1. The molecule has 0 aromatic rings. The number of ether oxygens (including phenoxy) is 4. The minimum Gasteiger partial charge on any atom is -0.456 e. The fraction of sp³-hybridized carbons (Fsp3) is 0.810. The lowest BCUT2D eigenvalue weighted by molar-refractivity contribution is -0.302. The van der Waals surface area contributed by atoms with Gasteiger partial charge >= 0.3 is 5.97 Å². The summed E-state index contributed by atoms with van der Waals surface area (Å²) in [6.45, 7) is 11.1. The van der Waals surface area contributed by atoms with Gasteiger partial charge in [-0.05, 0) is 95.5 Å². The molecule has 0 radical (unpaired) electrons. The number of hydrogen-bond acceptors (Lipinski definition) is 12. The molecule has 0 unspecified atom stereocenters. The number of cyclic esters (lactones) is 1. The van der Waals surface area contributed by atoms with Crippen LogP contribution in [0.1, 0.15) is 112 Å². The first-order valence-electron chi connectivity index (χ1n) is 20.4. The highest BCUT2D eigenvalue weighted by molar-refractivity contribution is 6.39. The number of aliphatic hydroxyl groups excluding tert-OH is 3. The van der Waals surface area contributed by atoms with Crippen LogP contribution in [0.3, 0.4) is 0 Å². The minimum atomic E-state index is -2.51. The van der Waals surface area contributed by atoms with Crippen molar-refractivity contribution in [3.05, 3.63) is 23.3 Å². The number of amides is 1. The van der Waals surface area contributed by atoms with Crippen LogP contribution in [0.25, 0.3) is 0 Å². The largest absolute Gasteiger partial charge is 0.456 e. The smallest absolute Gasteiger partial charge is 0.329 e. The van der Waals surface area contributed by atoms with E-state index in [1.165, 1.54) is 14.2 Å². The molecule has 312 valence electrons. The van der Waals surface area contributed by atoms with Gasteiger partial charge in [-0.3, -0.25) is 14.4 Å². The molecule has 55 heavy (non-hydrogen) atoms. The molecular weight excluding hydrogens is 710 g/mol. The first-order valence-corrected chi connectivity index (χ1v) is 20.4. The number of piperidine rings is 1. The normalized spacial score (nSPS) is 42.1. The van der Waals surface area contributed by atoms with Crippen molar-refractivity contribution in [3.63, 3.8) is 0 Å². The summed E-state index contributed by atoms with van der Waals surface area (Å²) in [7, 11) is 3.05. The summed E-state index contributed by atoms with van der Waals surface area (Å²) < 4.78 is 24.1. The van der Waals surface area contributed by atoms with Crippen molar-refractivity contribution in [2.75, 3.05) is 20.8 Å². The van der Waals surface area contributed by atoms with Gasteiger partial charge in [0.25, 0.3) is 11.7 Å². The Kier molecular flexibility index (Phi) is 16.2. The lowest BCUT2D eigenvalue weighted by atomic mass is 9.81. The zero-order chi connectivity index (χ0) is 40.8. The van der Waals surface area contributed by atoms with Gasteiger partial charge in [0.05, 0.1) is 30.5 Å². The summed E-state index contributed by atoms with van der Waals surface area (Å²) >= 11 is 0. The van der Waals surface area contributed by atoms with Gasteiger partial charge in [-0.2, -0.15) is 0 Å². The van der Waals surface area contributed by atoms with E-state index in [1.54, 1.807) is 20.8 Å². The van der Waals surface area contributed by atoms with E-state index in [1.807, 2.05) is 32.9 Å². The molecular formula is C42H67NO12. The maximum absolute atomic E-state index is 14.2. The monoisotopic (exact) mass is 777 g/mol. The predicted molar refractivity (Wildman–Crippen MR) is 203 cm³/mol. The molecule has 13 nitrogen and oxygen atoms in total. The third-order valence-electron chi connectivity index (χ3n) is 12.6. The molecule has 13 heteroatoms. The molecule has 4 rings (SSSR count). The average molecular weight is 778 g/mol. The number of rotatable bonds is 5. The number of fused-ring (bicyclic) bond motifs is 3. The Bertz CT molecular complexity index is 1410. The molecule has 4 aliphatic rings. The van der Waals surface area contributed by atoms with Crippen molar-refractivity contribution >= 4 is 23.4 Å². The standard InChI is InChI=1S/C42H67NO12/c1-9-29-17-23(2)16-24(3)18-35(52-7)38-36(53-8)20-26(5)42(51,55-38)39(48)40(49)43-15-11-10-12-30(43)41(50)54-37(27(6)32(45)22-33(29)46)25(4)19-28-13-14-31(44)34(47)21-28/h17,19,24,26-32,34-38,44-45,47,51H,9-16,18,20-22H2,1-8H3/b23-17+,25-19+/t24-,26-,27+,28-,29+,30-,31+,32-,34+,35-,36-,37+,38+,42+/m0/s1. The van der Waals surface area contributed by atoms with Crippen LogP contribution in [0, 0.1) is 29.6 Å². The average Bonchev–Trinajstić information content (AvgIpc) is 3.15. The molecule has 0 aromatic heterocycles. The summed E-state index contributed by atoms with van der Waals surface area (Å²) in [5.41, 5.74) is 1.59. The molecule has 4 N–H and O–H groups in total. The van der Waals surface area contributed by atoms with Crippen LogP contribution in [0.5, 0.6) is 0 Å². The fourth-order valence-electron chi connectivity index (χ4n) is 9.16. The molecule has 1 amide bonds. The van der Waals surface area contributed by atoms with Crippen molar-refractivity contribution in [2.24, 2.45) is 29.6 Å². The van der Waals surface area contributed by atoms with E-state index >= 15 is 0 Å². The van der Waals surface area contributed by atoms with Crippen molar-refractivity contribution in [3.8, 4) is 0 Å². The molecule has 3 fully saturated rings. The first-order chi connectivity index (χ1) is 25.9. The number of Topliss-reactive ketones (excluding diaryl/α,β-unsaturated/α-hetero) is 2. The molecule has 0 spiro atoms. The number of hydrogen-bond donors (Lipinski definition) is 4. The Morgan fingerprint density at radius 1 is 0.927 bits per heavy atom. The van der Waals surface area contributed by atoms with Crippen molar-refractivity contribution in [1.82, 2.24) is 4.90 Å². The Morgan fingerprint density at radius 2 is 1.60 bits per heavy atom. The van der Waals surface area contributed by atoms with Crippen LogP contribution in [0.15, 0.2) is 23.3 Å². The number of carbonyl (C=O) groups is 4. The number of esters is 1. The van der Waals surface area contributed by atoms with Crippen LogP contribution < -0.4 is 0 Å². The van der Waals surface area contributed by atoms with E-state index in [9.17, 15) is 39.6 Å². The topological polar surface area (TPSA) is 189 Å².